The molecule has 0 saturated carbocycles. The minimum absolute atomic E-state index is 0.214. The fraction of sp³-hybridized carbons (Fsp3) is 0.176. The SMILES string of the molecule is COc1cc(C#N)ccc1OC(=O)CSCc1ccc(Cl)cc1. The van der Waals surface area contributed by atoms with Gasteiger partial charge in [0.1, 0.15) is 0 Å². The van der Waals surface area contributed by atoms with Crippen molar-refractivity contribution in [3.8, 4) is 17.6 Å². The summed E-state index contributed by atoms with van der Waals surface area (Å²) in [5.41, 5.74) is 1.53. The summed E-state index contributed by atoms with van der Waals surface area (Å²) in [6.07, 6.45) is 0. The molecule has 0 spiro atoms. The van der Waals surface area contributed by atoms with Gasteiger partial charge in [-0.25, -0.2) is 0 Å². The van der Waals surface area contributed by atoms with Crippen LogP contribution < -0.4 is 9.47 Å². The Morgan fingerprint density at radius 2 is 1.96 bits per heavy atom. The summed E-state index contributed by atoms with van der Waals surface area (Å²) in [6.45, 7) is 0. The molecule has 23 heavy (non-hydrogen) atoms. The van der Waals surface area contributed by atoms with E-state index in [0.29, 0.717) is 27.8 Å². The highest BCUT2D eigenvalue weighted by Crippen LogP contribution is 2.28. The summed E-state index contributed by atoms with van der Waals surface area (Å²) in [5.74, 6) is 1.21. The number of hydrogen-bond donors (Lipinski definition) is 0. The Morgan fingerprint density at radius 3 is 2.61 bits per heavy atom. The van der Waals surface area contributed by atoms with Crippen LogP contribution in [-0.2, 0) is 10.5 Å². The van der Waals surface area contributed by atoms with Crippen LogP contribution in [0.2, 0.25) is 5.02 Å². The number of esters is 1. The number of halogens is 1. The van der Waals surface area contributed by atoms with Crippen LogP contribution in [0.15, 0.2) is 42.5 Å². The lowest BCUT2D eigenvalue weighted by atomic mass is 10.2. The maximum Gasteiger partial charge on any atom is 0.321 e. The van der Waals surface area contributed by atoms with Crippen LogP contribution in [0, 0.1) is 11.3 Å². The molecule has 0 aliphatic rings. The molecule has 2 aromatic carbocycles. The highest BCUT2D eigenvalue weighted by Gasteiger charge is 2.11. The van der Waals surface area contributed by atoms with Gasteiger partial charge in [-0.15, -0.1) is 11.8 Å². The highest BCUT2D eigenvalue weighted by molar-refractivity contribution is 7.99. The summed E-state index contributed by atoms with van der Waals surface area (Å²) in [6, 6.07) is 14.1. The smallest absolute Gasteiger partial charge is 0.321 e. The Hall–Kier alpha value is -2.16. The monoisotopic (exact) mass is 347 g/mol. The van der Waals surface area contributed by atoms with Crippen LogP contribution in [0.3, 0.4) is 0 Å². The second-order valence-corrected chi connectivity index (χ2v) is 5.99. The zero-order chi connectivity index (χ0) is 16.7. The molecule has 0 heterocycles. The van der Waals surface area contributed by atoms with Crippen molar-refractivity contribution in [1.29, 1.82) is 5.26 Å². The second kappa shape index (κ2) is 8.47. The van der Waals surface area contributed by atoms with Gasteiger partial charge in [0, 0.05) is 16.8 Å². The molecule has 0 aromatic heterocycles. The molecule has 0 fully saturated rings. The molecule has 0 saturated heterocycles. The van der Waals surface area contributed by atoms with E-state index in [1.54, 1.807) is 12.1 Å². The third-order valence-electron chi connectivity index (χ3n) is 2.92. The van der Waals surface area contributed by atoms with Crippen molar-refractivity contribution in [2.24, 2.45) is 0 Å². The van der Waals surface area contributed by atoms with E-state index in [1.165, 1.54) is 24.9 Å². The highest BCUT2D eigenvalue weighted by atomic mass is 35.5. The Bertz CT molecular complexity index is 726. The first-order valence-corrected chi connectivity index (χ1v) is 8.26. The second-order valence-electron chi connectivity index (χ2n) is 4.57. The fourth-order valence-corrected chi connectivity index (χ4v) is 2.69. The molecule has 0 amide bonds. The molecule has 0 radical (unpaired) electrons. The molecule has 0 N–H and O–H groups in total. The van der Waals surface area contributed by atoms with Crippen LogP contribution in [-0.4, -0.2) is 18.8 Å². The lowest BCUT2D eigenvalue weighted by Crippen LogP contribution is -2.11. The van der Waals surface area contributed by atoms with Crippen molar-refractivity contribution in [2.75, 3.05) is 12.9 Å². The number of ether oxygens (including phenoxy) is 2. The van der Waals surface area contributed by atoms with Crippen LogP contribution >= 0.6 is 23.4 Å². The number of nitriles is 1. The third-order valence-corrected chi connectivity index (χ3v) is 4.15. The van der Waals surface area contributed by atoms with Gasteiger partial charge in [-0.05, 0) is 29.8 Å². The van der Waals surface area contributed by atoms with E-state index in [4.69, 9.17) is 26.3 Å². The van der Waals surface area contributed by atoms with E-state index in [9.17, 15) is 4.79 Å². The van der Waals surface area contributed by atoms with Gasteiger partial charge in [-0.1, -0.05) is 23.7 Å². The van der Waals surface area contributed by atoms with E-state index < -0.39 is 0 Å². The quantitative estimate of drug-likeness (QED) is 0.582. The number of carbonyl (C=O) groups excluding carboxylic acids is 1. The molecule has 4 nitrogen and oxygen atoms in total. The topological polar surface area (TPSA) is 59.3 Å². The molecule has 2 aromatic rings. The molecular weight excluding hydrogens is 334 g/mol. The number of carbonyl (C=O) groups is 1. The van der Waals surface area contributed by atoms with Gasteiger partial charge in [0.15, 0.2) is 11.5 Å². The van der Waals surface area contributed by atoms with Gasteiger partial charge < -0.3 is 9.47 Å². The van der Waals surface area contributed by atoms with E-state index in [2.05, 4.69) is 0 Å². The largest absolute Gasteiger partial charge is 0.493 e. The lowest BCUT2D eigenvalue weighted by molar-refractivity contribution is -0.131. The van der Waals surface area contributed by atoms with Gasteiger partial charge in [0.25, 0.3) is 0 Å². The Balaban J connectivity index is 1.87. The van der Waals surface area contributed by atoms with Gasteiger partial charge in [0.05, 0.1) is 24.5 Å². The van der Waals surface area contributed by atoms with Gasteiger partial charge in [0.2, 0.25) is 0 Å². The Labute approximate surface area is 144 Å². The van der Waals surface area contributed by atoms with E-state index in [-0.39, 0.29) is 11.7 Å². The number of nitrogens with zero attached hydrogens (tertiary/aromatic N) is 1. The zero-order valence-electron chi connectivity index (χ0n) is 12.4. The van der Waals surface area contributed by atoms with Crippen molar-refractivity contribution in [3.63, 3.8) is 0 Å². The molecule has 2 rings (SSSR count). The van der Waals surface area contributed by atoms with E-state index >= 15 is 0 Å². The van der Waals surface area contributed by atoms with Crippen LogP contribution in [0.4, 0.5) is 0 Å². The predicted octanol–water partition coefficient (Wildman–Crippen LogP) is 4.06. The third kappa shape index (κ3) is 5.20. The summed E-state index contributed by atoms with van der Waals surface area (Å²) < 4.78 is 10.4. The van der Waals surface area contributed by atoms with Gasteiger partial charge in [-0.3, -0.25) is 4.79 Å². The average Bonchev–Trinajstić information content (AvgIpc) is 2.57. The van der Waals surface area contributed by atoms with Crippen LogP contribution in [0.1, 0.15) is 11.1 Å². The van der Waals surface area contributed by atoms with Gasteiger partial charge >= 0.3 is 5.97 Å². The standard InChI is InChI=1S/C17H14ClNO3S/c1-21-16-8-13(9-19)4-7-15(16)22-17(20)11-23-10-12-2-5-14(18)6-3-12/h2-8H,10-11H2,1H3. The number of methoxy groups -OCH3 is 1. The molecule has 0 atom stereocenters. The van der Waals surface area contributed by atoms with Crippen molar-refractivity contribution in [2.45, 2.75) is 5.75 Å². The fourth-order valence-electron chi connectivity index (χ4n) is 1.81. The minimum atomic E-state index is -0.369. The Kier molecular flexibility index (Phi) is 6.33. The molecule has 0 aliphatic heterocycles. The molecule has 0 bridgehead atoms. The number of thioether (sulfide) groups is 1. The first kappa shape index (κ1) is 17.2. The summed E-state index contributed by atoms with van der Waals surface area (Å²) in [7, 11) is 1.46. The molecule has 0 aliphatic carbocycles. The molecule has 0 unspecified atom stereocenters. The lowest BCUT2D eigenvalue weighted by Gasteiger charge is -2.09. The van der Waals surface area contributed by atoms with E-state index in [1.807, 2.05) is 30.3 Å². The van der Waals surface area contributed by atoms with Crippen LogP contribution in [0.5, 0.6) is 11.5 Å². The molecule has 118 valence electrons. The normalized spacial score (nSPS) is 9.96. The summed E-state index contributed by atoms with van der Waals surface area (Å²) >= 11 is 7.27. The number of hydrogen-bond acceptors (Lipinski definition) is 5. The molecular formula is C17H14ClNO3S. The van der Waals surface area contributed by atoms with Crippen molar-refractivity contribution >= 4 is 29.3 Å². The first-order chi connectivity index (χ1) is 11.1. The maximum atomic E-state index is 11.9. The van der Waals surface area contributed by atoms with Crippen molar-refractivity contribution in [3.05, 3.63) is 58.6 Å². The zero-order valence-corrected chi connectivity index (χ0v) is 14.0. The summed E-state index contributed by atoms with van der Waals surface area (Å²) in [4.78, 5) is 11.9. The molecule has 6 heteroatoms. The average molecular weight is 348 g/mol. The summed E-state index contributed by atoms with van der Waals surface area (Å²) in [5, 5.41) is 9.53. The Morgan fingerprint density at radius 1 is 1.22 bits per heavy atom. The predicted molar refractivity (Wildman–Crippen MR) is 91.0 cm³/mol. The van der Waals surface area contributed by atoms with E-state index in [0.717, 1.165) is 5.56 Å². The maximum absolute atomic E-state index is 11.9. The van der Waals surface area contributed by atoms with Crippen molar-refractivity contribution < 1.29 is 14.3 Å². The number of benzene rings is 2. The van der Waals surface area contributed by atoms with Crippen molar-refractivity contribution in [1.82, 2.24) is 0 Å². The van der Waals surface area contributed by atoms with Gasteiger partial charge in [-0.2, -0.15) is 5.26 Å². The van der Waals surface area contributed by atoms with Crippen LogP contribution in [0.25, 0.3) is 0 Å². The first-order valence-electron chi connectivity index (χ1n) is 6.73. The minimum Gasteiger partial charge on any atom is -0.493 e. The number of rotatable bonds is 6.